The number of carboxylic acids is 1. The van der Waals surface area contributed by atoms with Gasteiger partial charge in [-0.25, -0.2) is 0 Å². The van der Waals surface area contributed by atoms with Crippen LogP contribution in [0.1, 0.15) is 25.7 Å². The van der Waals surface area contributed by atoms with E-state index in [2.05, 4.69) is 10.2 Å². The van der Waals surface area contributed by atoms with Crippen molar-refractivity contribution in [1.82, 2.24) is 10.2 Å². The Labute approximate surface area is 97.4 Å². The lowest BCUT2D eigenvalue weighted by Crippen LogP contribution is -2.26. The number of hydrogen-bond acceptors (Lipinski definition) is 5. The highest BCUT2D eigenvalue weighted by Crippen LogP contribution is 2.24. The van der Waals surface area contributed by atoms with Crippen molar-refractivity contribution in [2.75, 3.05) is 11.4 Å². The number of amides is 1. The molecule has 0 aliphatic carbocycles. The maximum atomic E-state index is 11.6. The molecule has 7 heteroatoms. The summed E-state index contributed by atoms with van der Waals surface area (Å²) in [6.45, 7) is 2.08. The van der Waals surface area contributed by atoms with Crippen LogP contribution in [0.5, 0.6) is 0 Å². The van der Waals surface area contributed by atoms with Crippen LogP contribution in [0.15, 0.2) is 4.42 Å². The van der Waals surface area contributed by atoms with Gasteiger partial charge in [0.15, 0.2) is 0 Å². The molecule has 92 valence electrons. The van der Waals surface area contributed by atoms with Gasteiger partial charge in [-0.2, -0.15) is 0 Å². The average molecular weight is 239 g/mol. The molecule has 1 amide bonds. The highest BCUT2D eigenvalue weighted by molar-refractivity contribution is 5.97. The molecule has 7 nitrogen and oxygen atoms in total. The van der Waals surface area contributed by atoms with E-state index >= 15 is 0 Å². The number of rotatable bonds is 4. The number of nitrogens with zero attached hydrogens (tertiary/aromatic N) is 3. The van der Waals surface area contributed by atoms with Gasteiger partial charge in [0.05, 0.1) is 5.92 Å². The summed E-state index contributed by atoms with van der Waals surface area (Å²) in [7, 11) is 0. The number of carbonyl (C=O) groups excluding carboxylic acids is 1. The molecule has 1 saturated heterocycles. The van der Waals surface area contributed by atoms with E-state index in [0.29, 0.717) is 12.3 Å². The quantitative estimate of drug-likeness (QED) is 0.819. The zero-order valence-corrected chi connectivity index (χ0v) is 9.42. The molecular weight excluding hydrogens is 226 g/mol. The molecule has 1 N–H and O–H groups in total. The molecule has 1 atom stereocenters. The predicted molar refractivity (Wildman–Crippen MR) is 56.4 cm³/mol. The van der Waals surface area contributed by atoms with Crippen LogP contribution in [0.4, 0.5) is 6.01 Å². The molecule has 1 fully saturated rings. The zero-order valence-electron chi connectivity index (χ0n) is 9.42. The highest BCUT2D eigenvalue weighted by Gasteiger charge is 2.37. The summed E-state index contributed by atoms with van der Waals surface area (Å²) < 4.78 is 5.30. The second-order valence-corrected chi connectivity index (χ2v) is 3.97. The van der Waals surface area contributed by atoms with Crippen LogP contribution in [0.2, 0.25) is 0 Å². The third kappa shape index (κ3) is 2.27. The number of anilines is 1. The fraction of sp³-hybridized carbons (Fsp3) is 0.600. The Morgan fingerprint density at radius 1 is 1.59 bits per heavy atom. The van der Waals surface area contributed by atoms with E-state index in [-0.39, 0.29) is 24.9 Å². The fourth-order valence-corrected chi connectivity index (χ4v) is 1.73. The fourth-order valence-electron chi connectivity index (χ4n) is 1.73. The van der Waals surface area contributed by atoms with Gasteiger partial charge in [0, 0.05) is 19.4 Å². The summed E-state index contributed by atoms with van der Waals surface area (Å²) in [5, 5.41) is 16.4. The molecule has 1 aliphatic heterocycles. The summed E-state index contributed by atoms with van der Waals surface area (Å²) in [5.41, 5.74) is 0. The van der Waals surface area contributed by atoms with Gasteiger partial charge in [-0.3, -0.25) is 14.5 Å². The first-order valence-corrected chi connectivity index (χ1v) is 5.47. The average Bonchev–Trinajstić information content (AvgIpc) is 2.85. The summed E-state index contributed by atoms with van der Waals surface area (Å²) in [6.07, 6.45) is 1.51. The molecule has 1 unspecified atom stereocenters. The predicted octanol–water partition coefficient (Wildman–Crippen LogP) is 0.460. The van der Waals surface area contributed by atoms with Crippen molar-refractivity contribution in [3.63, 3.8) is 0 Å². The standard InChI is InChI=1S/C10H13N3O4/c1-2-3-7-11-12-10(17-7)13-5-6(9(15)16)4-8(13)14/h6H,2-5H2,1H3,(H,15,16). The van der Waals surface area contributed by atoms with Gasteiger partial charge in [-0.05, 0) is 6.42 Å². The van der Waals surface area contributed by atoms with Crippen LogP contribution in [-0.4, -0.2) is 33.7 Å². The van der Waals surface area contributed by atoms with Crippen molar-refractivity contribution in [1.29, 1.82) is 0 Å². The Balaban J connectivity index is 2.11. The van der Waals surface area contributed by atoms with Crippen molar-refractivity contribution in [3.05, 3.63) is 5.89 Å². The largest absolute Gasteiger partial charge is 0.481 e. The number of aryl methyl sites for hydroxylation is 1. The first-order valence-electron chi connectivity index (χ1n) is 5.47. The number of carboxylic acid groups (broad SMARTS) is 1. The highest BCUT2D eigenvalue weighted by atomic mass is 16.4. The van der Waals surface area contributed by atoms with E-state index in [9.17, 15) is 9.59 Å². The molecule has 17 heavy (non-hydrogen) atoms. The molecule has 1 aromatic rings. The van der Waals surface area contributed by atoms with Gasteiger partial charge in [0.1, 0.15) is 0 Å². The van der Waals surface area contributed by atoms with Gasteiger partial charge in [-0.15, -0.1) is 5.10 Å². The van der Waals surface area contributed by atoms with Crippen molar-refractivity contribution in [3.8, 4) is 0 Å². The molecule has 1 aliphatic rings. The SMILES string of the molecule is CCCc1nnc(N2CC(C(=O)O)CC2=O)o1. The van der Waals surface area contributed by atoms with Gasteiger partial charge in [0.25, 0.3) is 0 Å². The van der Waals surface area contributed by atoms with E-state index in [1.165, 1.54) is 4.90 Å². The molecule has 0 bridgehead atoms. The van der Waals surface area contributed by atoms with E-state index in [1.807, 2.05) is 6.92 Å². The van der Waals surface area contributed by atoms with E-state index in [0.717, 1.165) is 6.42 Å². The number of hydrogen-bond donors (Lipinski definition) is 1. The minimum Gasteiger partial charge on any atom is -0.481 e. The maximum Gasteiger partial charge on any atom is 0.325 e. The van der Waals surface area contributed by atoms with Crippen molar-refractivity contribution >= 4 is 17.9 Å². The molecule has 2 rings (SSSR count). The molecule has 1 aromatic heterocycles. The van der Waals surface area contributed by atoms with Crippen LogP contribution >= 0.6 is 0 Å². The Hall–Kier alpha value is -1.92. The van der Waals surface area contributed by atoms with Gasteiger partial charge in [-0.1, -0.05) is 12.0 Å². The van der Waals surface area contributed by atoms with Crippen LogP contribution < -0.4 is 4.90 Å². The lowest BCUT2D eigenvalue weighted by Gasteiger charge is -2.08. The summed E-state index contributed by atoms with van der Waals surface area (Å²) in [5.74, 6) is -1.49. The summed E-state index contributed by atoms with van der Waals surface area (Å²) in [6, 6.07) is 0.0993. The number of aromatic nitrogens is 2. The van der Waals surface area contributed by atoms with Crippen LogP contribution in [0.3, 0.4) is 0 Å². The van der Waals surface area contributed by atoms with Crippen LogP contribution in [-0.2, 0) is 16.0 Å². The molecule has 0 saturated carbocycles. The van der Waals surface area contributed by atoms with Crippen molar-refractivity contribution in [2.24, 2.45) is 5.92 Å². The Kier molecular flexibility index (Phi) is 3.08. The Morgan fingerprint density at radius 2 is 2.35 bits per heavy atom. The Morgan fingerprint density at radius 3 is 2.94 bits per heavy atom. The van der Waals surface area contributed by atoms with Crippen LogP contribution in [0.25, 0.3) is 0 Å². The normalized spacial score (nSPS) is 19.9. The maximum absolute atomic E-state index is 11.6. The Bertz CT molecular complexity index is 443. The first kappa shape index (κ1) is 11.6. The van der Waals surface area contributed by atoms with Crippen molar-refractivity contribution < 1.29 is 19.1 Å². The smallest absolute Gasteiger partial charge is 0.325 e. The topological polar surface area (TPSA) is 96.5 Å². The molecule has 0 aromatic carbocycles. The van der Waals surface area contributed by atoms with Gasteiger partial charge >= 0.3 is 12.0 Å². The lowest BCUT2D eigenvalue weighted by molar-refractivity contribution is -0.141. The summed E-state index contributed by atoms with van der Waals surface area (Å²) >= 11 is 0. The molecule has 2 heterocycles. The summed E-state index contributed by atoms with van der Waals surface area (Å²) in [4.78, 5) is 23.6. The lowest BCUT2D eigenvalue weighted by atomic mass is 10.1. The van der Waals surface area contributed by atoms with Crippen LogP contribution in [0, 0.1) is 5.92 Å². The second kappa shape index (κ2) is 4.52. The molecule has 0 spiro atoms. The van der Waals surface area contributed by atoms with E-state index < -0.39 is 11.9 Å². The minimum atomic E-state index is -0.978. The monoisotopic (exact) mass is 239 g/mol. The first-order chi connectivity index (χ1) is 8.11. The minimum absolute atomic E-state index is 0.0131. The van der Waals surface area contributed by atoms with Crippen molar-refractivity contribution in [2.45, 2.75) is 26.2 Å². The second-order valence-electron chi connectivity index (χ2n) is 3.97. The molecule has 0 radical (unpaired) electrons. The molecular formula is C10H13N3O4. The van der Waals surface area contributed by atoms with Gasteiger partial charge < -0.3 is 9.52 Å². The van der Waals surface area contributed by atoms with Gasteiger partial charge in [0.2, 0.25) is 11.8 Å². The zero-order chi connectivity index (χ0) is 12.4. The number of aliphatic carboxylic acids is 1. The van der Waals surface area contributed by atoms with E-state index in [4.69, 9.17) is 9.52 Å². The third-order valence-corrected chi connectivity index (χ3v) is 2.63. The third-order valence-electron chi connectivity index (χ3n) is 2.63. The van der Waals surface area contributed by atoms with E-state index in [1.54, 1.807) is 0 Å². The number of carbonyl (C=O) groups is 2.